The van der Waals surface area contributed by atoms with E-state index in [4.69, 9.17) is 16.3 Å². The summed E-state index contributed by atoms with van der Waals surface area (Å²) in [5.41, 5.74) is -0.641. The van der Waals surface area contributed by atoms with Gasteiger partial charge in [-0.15, -0.1) is 0 Å². The molecule has 0 unspecified atom stereocenters. The van der Waals surface area contributed by atoms with E-state index in [0.29, 0.717) is 15.9 Å². The molecular weight excluding hydrogens is 451 g/mol. The Kier molecular flexibility index (Phi) is 7.21. The fourth-order valence-corrected chi connectivity index (χ4v) is 3.74. The van der Waals surface area contributed by atoms with Crippen LogP contribution < -0.4 is 10.9 Å². The number of halogens is 2. The third kappa shape index (κ3) is 5.37. The van der Waals surface area contributed by atoms with E-state index in [1.165, 1.54) is 11.7 Å². The lowest BCUT2D eigenvalue weighted by atomic mass is 10.2. The van der Waals surface area contributed by atoms with E-state index in [1.54, 1.807) is 18.2 Å². The first-order valence-corrected chi connectivity index (χ1v) is 10.2. The Morgan fingerprint density at radius 1 is 1.35 bits per heavy atom. The van der Waals surface area contributed by atoms with Crippen molar-refractivity contribution in [2.24, 2.45) is 0 Å². The van der Waals surface area contributed by atoms with Crippen LogP contribution in [0, 0.1) is 15.9 Å². The molecule has 0 aliphatic carbocycles. The summed E-state index contributed by atoms with van der Waals surface area (Å²) >= 11 is 6.95. The van der Waals surface area contributed by atoms with Gasteiger partial charge in [-0.2, -0.15) is 0 Å². The summed E-state index contributed by atoms with van der Waals surface area (Å²) in [6.45, 7) is 0.455. The first-order chi connectivity index (χ1) is 14.8. The first kappa shape index (κ1) is 22.7. The van der Waals surface area contributed by atoms with Gasteiger partial charge in [-0.1, -0.05) is 23.4 Å². The second kappa shape index (κ2) is 9.86. The van der Waals surface area contributed by atoms with E-state index in [1.807, 2.05) is 0 Å². The molecule has 1 aromatic heterocycles. The molecule has 1 amide bonds. The number of hydrogen-bond donors (Lipinski definition) is 1. The van der Waals surface area contributed by atoms with Crippen LogP contribution in [0.4, 0.5) is 15.8 Å². The Labute approximate surface area is 184 Å². The number of nitrogens with one attached hydrogen (secondary N) is 1. The van der Waals surface area contributed by atoms with Crippen molar-refractivity contribution in [2.45, 2.75) is 11.7 Å². The van der Waals surface area contributed by atoms with Gasteiger partial charge in [0.15, 0.2) is 5.16 Å². The molecule has 0 radical (unpaired) electrons. The smallest absolute Gasteiger partial charge is 0.292 e. The van der Waals surface area contributed by atoms with Crippen molar-refractivity contribution in [2.75, 3.05) is 24.8 Å². The number of rotatable bonds is 8. The quantitative estimate of drug-likeness (QED) is 0.234. The molecule has 0 aliphatic heterocycles. The predicted octanol–water partition coefficient (Wildman–Crippen LogP) is 3.47. The predicted molar refractivity (Wildman–Crippen MR) is 115 cm³/mol. The van der Waals surface area contributed by atoms with E-state index in [9.17, 15) is 24.1 Å². The molecule has 0 fully saturated rings. The van der Waals surface area contributed by atoms with Gasteiger partial charge in [0.25, 0.3) is 11.2 Å². The molecule has 0 atom stereocenters. The van der Waals surface area contributed by atoms with Crippen LogP contribution in [-0.2, 0) is 16.1 Å². The Morgan fingerprint density at radius 2 is 2.13 bits per heavy atom. The van der Waals surface area contributed by atoms with Gasteiger partial charge in [-0.3, -0.25) is 24.3 Å². The third-order valence-corrected chi connectivity index (χ3v) is 5.37. The van der Waals surface area contributed by atoms with Gasteiger partial charge in [0, 0.05) is 24.3 Å². The Hall–Kier alpha value is -3.02. The summed E-state index contributed by atoms with van der Waals surface area (Å²) in [5, 5.41) is 14.4. The van der Waals surface area contributed by atoms with Crippen LogP contribution in [0.1, 0.15) is 0 Å². The maximum Gasteiger partial charge on any atom is 0.292 e. The summed E-state index contributed by atoms with van der Waals surface area (Å²) in [4.78, 5) is 40.0. The SMILES string of the molecule is COCCn1c(SCC(=O)Nc2cc(F)ccc2[N+](=O)[O-])nc2cc(Cl)ccc2c1=O. The number of hydrogen-bond acceptors (Lipinski definition) is 7. The summed E-state index contributed by atoms with van der Waals surface area (Å²) in [5.74, 6) is -1.58. The highest BCUT2D eigenvalue weighted by Gasteiger charge is 2.18. The third-order valence-electron chi connectivity index (χ3n) is 4.16. The number of carbonyl (C=O) groups is 1. The molecule has 0 saturated heterocycles. The zero-order valence-corrected chi connectivity index (χ0v) is 17.7. The Morgan fingerprint density at radius 3 is 2.84 bits per heavy atom. The van der Waals surface area contributed by atoms with Gasteiger partial charge < -0.3 is 10.1 Å². The van der Waals surface area contributed by atoms with Crippen molar-refractivity contribution in [3.63, 3.8) is 0 Å². The highest BCUT2D eigenvalue weighted by molar-refractivity contribution is 7.99. The highest BCUT2D eigenvalue weighted by atomic mass is 35.5. The second-order valence-electron chi connectivity index (χ2n) is 6.26. The normalized spacial score (nSPS) is 10.9. The van der Waals surface area contributed by atoms with Crippen LogP contribution in [-0.4, -0.2) is 39.9 Å². The van der Waals surface area contributed by atoms with Crippen molar-refractivity contribution in [3.8, 4) is 0 Å². The Bertz CT molecular complexity index is 1220. The number of amides is 1. The van der Waals surface area contributed by atoms with Crippen LogP contribution in [0.2, 0.25) is 5.02 Å². The van der Waals surface area contributed by atoms with Crippen molar-refractivity contribution >= 4 is 51.5 Å². The number of thioether (sulfide) groups is 1. The molecule has 3 aromatic rings. The van der Waals surface area contributed by atoms with E-state index >= 15 is 0 Å². The summed E-state index contributed by atoms with van der Waals surface area (Å²) in [6, 6.07) is 7.46. The van der Waals surface area contributed by atoms with Gasteiger partial charge in [0.05, 0.1) is 34.7 Å². The minimum Gasteiger partial charge on any atom is -0.383 e. The number of carbonyl (C=O) groups excluding carboxylic acids is 1. The molecule has 0 spiro atoms. The molecule has 0 bridgehead atoms. The van der Waals surface area contributed by atoms with Crippen molar-refractivity contribution in [1.82, 2.24) is 9.55 Å². The fourth-order valence-electron chi connectivity index (χ4n) is 2.75. The topological polar surface area (TPSA) is 116 Å². The van der Waals surface area contributed by atoms with Gasteiger partial charge in [0.2, 0.25) is 5.91 Å². The highest BCUT2D eigenvalue weighted by Crippen LogP contribution is 2.26. The lowest BCUT2D eigenvalue weighted by Gasteiger charge is -2.13. The lowest BCUT2D eigenvalue weighted by Crippen LogP contribution is -2.26. The fraction of sp³-hybridized carbons (Fsp3) is 0.211. The van der Waals surface area contributed by atoms with Crippen LogP contribution >= 0.6 is 23.4 Å². The molecule has 0 aliphatic rings. The number of aromatic nitrogens is 2. The molecule has 162 valence electrons. The zero-order valence-electron chi connectivity index (χ0n) is 16.1. The summed E-state index contributed by atoms with van der Waals surface area (Å²) < 4.78 is 19.9. The van der Waals surface area contributed by atoms with E-state index in [0.717, 1.165) is 30.0 Å². The monoisotopic (exact) mass is 466 g/mol. The average Bonchev–Trinajstić information content (AvgIpc) is 2.71. The molecule has 12 heteroatoms. The van der Waals surface area contributed by atoms with E-state index in [2.05, 4.69) is 10.3 Å². The van der Waals surface area contributed by atoms with Crippen LogP contribution in [0.15, 0.2) is 46.3 Å². The molecule has 31 heavy (non-hydrogen) atoms. The molecule has 1 N–H and O–H groups in total. The summed E-state index contributed by atoms with van der Waals surface area (Å²) in [7, 11) is 1.49. The Balaban J connectivity index is 1.86. The molecule has 0 saturated carbocycles. The lowest BCUT2D eigenvalue weighted by molar-refractivity contribution is -0.384. The minimum absolute atomic E-state index is 0.209. The molecule has 3 rings (SSSR count). The van der Waals surface area contributed by atoms with Gasteiger partial charge in [-0.25, -0.2) is 9.37 Å². The number of ether oxygens (including phenoxy) is 1. The van der Waals surface area contributed by atoms with E-state index < -0.39 is 22.3 Å². The number of methoxy groups -OCH3 is 1. The number of fused-ring (bicyclic) bond motifs is 1. The number of nitro benzene ring substituents is 1. The van der Waals surface area contributed by atoms with Crippen LogP contribution in [0.5, 0.6) is 0 Å². The zero-order chi connectivity index (χ0) is 22.5. The maximum atomic E-state index is 13.5. The largest absolute Gasteiger partial charge is 0.383 e. The molecule has 1 heterocycles. The molecule has 2 aromatic carbocycles. The molecular formula is C19H16ClFN4O5S. The number of nitro groups is 1. The van der Waals surface area contributed by atoms with Crippen LogP contribution in [0.3, 0.4) is 0 Å². The summed E-state index contributed by atoms with van der Waals surface area (Å²) in [6.07, 6.45) is 0. The molecule has 9 nitrogen and oxygen atoms in total. The average molecular weight is 467 g/mol. The first-order valence-electron chi connectivity index (χ1n) is 8.85. The van der Waals surface area contributed by atoms with Crippen LogP contribution in [0.25, 0.3) is 10.9 Å². The maximum absolute atomic E-state index is 13.5. The van der Waals surface area contributed by atoms with Crippen molar-refractivity contribution in [1.29, 1.82) is 0 Å². The van der Waals surface area contributed by atoms with Crippen molar-refractivity contribution < 1.29 is 18.8 Å². The van der Waals surface area contributed by atoms with Gasteiger partial charge in [0.1, 0.15) is 11.5 Å². The van der Waals surface area contributed by atoms with E-state index in [-0.39, 0.29) is 35.3 Å². The minimum atomic E-state index is -0.727. The van der Waals surface area contributed by atoms with Gasteiger partial charge in [-0.05, 0) is 24.3 Å². The van der Waals surface area contributed by atoms with Gasteiger partial charge >= 0.3 is 0 Å². The second-order valence-corrected chi connectivity index (χ2v) is 7.64. The number of benzene rings is 2. The number of anilines is 1. The standard InChI is InChI=1S/C19H16ClFN4O5S/c1-30-7-6-24-18(27)13-4-2-11(20)8-14(13)23-19(24)31-10-17(26)22-15-9-12(21)3-5-16(15)25(28)29/h2-5,8-9H,6-7,10H2,1H3,(H,22,26). The number of nitrogens with zero attached hydrogens (tertiary/aromatic N) is 3. The van der Waals surface area contributed by atoms with Crippen molar-refractivity contribution in [3.05, 3.63) is 67.7 Å².